The molecule has 3 nitrogen and oxygen atoms in total. The van der Waals surface area contributed by atoms with E-state index in [2.05, 4.69) is 0 Å². The summed E-state index contributed by atoms with van der Waals surface area (Å²) < 4.78 is 10.2. The van der Waals surface area contributed by atoms with Crippen molar-refractivity contribution in [2.45, 2.75) is 0 Å². The second kappa shape index (κ2) is 3.26. The predicted molar refractivity (Wildman–Crippen MR) is 40.6 cm³/mol. The Labute approximate surface area is 64.9 Å². The summed E-state index contributed by atoms with van der Waals surface area (Å²) in [4.78, 5) is 10.3. The van der Waals surface area contributed by atoms with E-state index >= 15 is 0 Å². The van der Waals surface area contributed by atoms with E-state index < -0.39 is 5.97 Å². The molecule has 0 bridgehead atoms. The summed E-state index contributed by atoms with van der Waals surface area (Å²) in [5.74, 6) is -0.973. The predicted octanol–water partition coefficient (Wildman–Crippen LogP) is 1.30. The fraction of sp³-hybridized carbons (Fsp3) is 0. The van der Waals surface area contributed by atoms with Crippen molar-refractivity contribution in [2.75, 3.05) is 0 Å². The van der Waals surface area contributed by atoms with Crippen LogP contribution in [0.25, 0.3) is 0 Å². The summed E-state index contributed by atoms with van der Waals surface area (Å²) >= 11 is 0. The van der Waals surface area contributed by atoms with Gasteiger partial charge in [-0.15, -0.1) is 0 Å². The highest BCUT2D eigenvalue weighted by Crippen LogP contribution is 2.00. The Morgan fingerprint density at radius 1 is 1.27 bits per heavy atom. The van der Waals surface area contributed by atoms with Gasteiger partial charge in [0.1, 0.15) is 0 Å². The molecular formula is C7H5O3P. The van der Waals surface area contributed by atoms with Crippen LogP contribution in [0.15, 0.2) is 24.3 Å². The number of carboxylic acids is 1. The third kappa shape index (κ3) is 1.85. The molecule has 0 heterocycles. The second-order valence-corrected chi connectivity index (χ2v) is 2.64. The Bertz CT molecular complexity index is 278. The van der Waals surface area contributed by atoms with Crippen LogP contribution in [0.4, 0.5) is 0 Å². The lowest BCUT2D eigenvalue weighted by atomic mass is 10.2. The van der Waals surface area contributed by atoms with E-state index in [-0.39, 0.29) is 14.0 Å². The molecule has 1 aromatic carbocycles. The zero-order valence-electron chi connectivity index (χ0n) is 5.52. The molecule has 1 rings (SSSR count). The highest BCUT2D eigenvalue weighted by Gasteiger charge is 2.00. The molecule has 0 fully saturated rings. The lowest BCUT2D eigenvalue weighted by Crippen LogP contribution is -1.98. The zero-order valence-corrected chi connectivity index (χ0v) is 6.41. The Balaban J connectivity index is 3.00. The lowest BCUT2D eigenvalue weighted by Gasteiger charge is -1.91. The third-order valence-corrected chi connectivity index (χ3v) is 1.73. The van der Waals surface area contributed by atoms with Crippen molar-refractivity contribution in [3.63, 3.8) is 0 Å². The normalized spacial score (nSPS) is 9.82. The molecule has 0 aliphatic rings. The number of carbonyl (C=O) groups is 1. The number of hydrogen-bond acceptors (Lipinski definition) is 2. The number of carboxylic acid groups (broad SMARTS) is 1. The van der Waals surface area contributed by atoms with Crippen LogP contribution in [-0.4, -0.2) is 11.1 Å². The SMILES string of the molecule is O=Pc1ccc(C(=O)O)cc1. The maximum absolute atomic E-state index is 10.3. The molecule has 0 radical (unpaired) electrons. The molecule has 0 saturated carbocycles. The van der Waals surface area contributed by atoms with Gasteiger partial charge < -0.3 is 5.11 Å². The van der Waals surface area contributed by atoms with E-state index in [4.69, 9.17) is 5.11 Å². The molecule has 0 aliphatic carbocycles. The van der Waals surface area contributed by atoms with Crippen molar-refractivity contribution < 1.29 is 14.5 Å². The molecule has 1 N–H and O–H groups in total. The lowest BCUT2D eigenvalue weighted by molar-refractivity contribution is 0.0697. The molecule has 0 aliphatic heterocycles. The van der Waals surface area contributed by atoms with Crippen LogP contribution >= 0.6 is 8.46 Å². The molecule has 0 atom stereocenters. The molecule has 56 valence electrons. The van der Waals surface area contributed by atoms with Crippen LogP contribution in [0.2, 0.25) is 0 Å². The quantitative estimate of drug-likeness (QED) is 0.677. The summed E-state index contributed by atoms with van der Waals surface area (Å²) in [7, 11) is -0.0883. The topological polar surface area (TPSA) is 54.4 Å². The van der Waals surface area contributed by atoms with Crippen LogP contribution in [-0.2, 0) is 4.57 Å². The van der Waals surface area contributed by atoms with E-state index in [9.17, 15) is 9.36 Å². The monoisotopic (exact) mass is 168 g/mol. The van der Waals surface area contributed by atoms with Gasteiger partial charge in [0.25, 0.3) is 0 Å². The first-order chi connectivity index (χ1) is 5.24. The molecule has 0 amide bonds. The van der Waals surface area contributed by atoms with E-state index in [0.29, 0.717) is 5.30 Å². The number of benzene rings is 1. The summed E-state index contributed by atoms with van der Waals surface area (Å²) in [5, 5.41) is 9.05. The van der Waals surface area contributed by atoms with E-state index in [1.807, 2.05) is 0 Å². The van der Waals surface area contributed by atoms with E-state index in [1.54, 1.807) is 0 Å². The summed E-state index contributed by atoms with van der Waals surface area (Å²) in [5.41, 5.74) is 0.206. The van der Waals surface area contributed by atoms with Crippen LogP contribution in [0, 0.1) is 0 Å². The Morgan fingerprint density at radius 3 is 2.18 bits per heavy atom. The van der Waals surface area contributed by atoms with Crippen molar-refractivity contribution >= 4 is 19.7 Å². The maximum Gasteiger partial charge on any atom is 0.335 e. The van der Waals surface area contributed by atoms with Gasteiger partial charge in [0.15, 0.2) is 8.46 Å². The van der Waals surface area contributed by atoms with Crippen molar-refractivity contribution in [3.05, 3.63) is 29.8 Å². The van der Waals surface area contributed by atoms with Gasteiger partial charge in [-0.05, 0) is 24.3 Å². The van der Waals surface area contributed by atoms with Crippen LogP contribution in [0.5, 0.6) is 0 Å². The first-order valence-corrected chi connectivity index (χ1v) is 3.72. The minimum absolute atomic E-state index is 0.0883. The third-order valence-electron chi connectivity index (χ3n) is 1.22. The van der Waals surface area contributed by atoms with Crippen LogP contribution < -0.4 is 5.30 Å². The molecule has 0 unspecified atom stereocenters. The average Bonchev–Trinajstić information content (AvgIpc) is 2.05. The number of aromatic carboxylic acids is 1. The molecule has 1 aromatic rings. The largest absolute Gasteiger partial charge is 0.478 e. The first-order valence-electron chi connectivity index (χ1n) is 2.91. The van der Waals surface area contributed by atoms with Crippen molar-refractivity contribution in [2.24, 2.45) is 0 Å². The average molecular weight is 168 g/mol. The van der Waals surface area contributed by atoms with Gasteiger partial charge in [0.05, 0.1) is 5.56 Å². The van der Waals surface area contributed by atoms with Gasteiger partial charge in [0, 0.05) is 5.30 Å². The van der Waals surface area contributed by atoms with Crippen molar-refractivity contribution in [3.8, 4) is 0 Å². The highest BCUT2D eigenvalue weighted by atomic mass is 31.1. The molecule has 0 aromatic heterocycles. The smallest absolute Gasteiger partial charge is 0.335 e. The van der Waals surface area contributed by atoms with Crippen molar-refractivity contribution in [1.82, 2.24) is 0 Å². The number of rotatable bonds is 2. The zero-order chi connectivity index (χ0) is 8.27. The minimum Gasteiger partial charge on any atom is -0.478 e. The Kier molecular flexibility index (Phi) is 2.34. The van der Waals surface area contributed by atoms with Crippen molar-refractivity contribution in [1.29, 1.82) is 0 Å². The molecule has 11 heavy (non-hydrogen) atoms. The maximum atomic E-state index is 10.3. The fourth-order valence-electron chi connectivity index (χ4n) is 0.665. The Hall–Kier alpha value is -1.21. The summed E-state index contributed by atoms with van der Waals surface area (Å²) in [6, 6.07) is 5.86. The molecule has 0 saturated heterocycles. The number of hydrogen-bond donors (Lipinski definition) is 1. The van der Waals surface area contributed by atoms with Gasteiger partial charge in [-0.2, -0.15) is 0 Å². The summed E-state index contributed by atoms with van der Waals surface area (Å²) in [6.45, 7) is 0. The molecular weight excluding hydrogens is 163 g/mol. The van der Waals surface area contributed by atoms with Gasteiger partial charge in [-0.25, -0.2) is 4.79 Å². The summed E-state index contributed by atoms with van der Waals surface area (Å²) in [6.07, 6.45) is 0. The molecule has 0 spiro atoms. The second-order valence-electron chi connectivity index (χ2n) is 1.94. The van der Waals surface area contributed by atoms with E-state index in [0.717, 1.165) is 0 Å². The van der Waals surface area contributed by atoms with E-state index in [1.165, 1.54) is 24.3 Å². The standard InChI is InChI=1S/C7H5O3P/c8-7(9)5-1-3-6(11-10)4-2-5/h1-4H,(H,8,9). The highest BCUT2D eigenvalue weighted by molar-refractivity contribution is 7.34. The van der Waals surface area contributed by atoms with Gasteiger partial charge >= 0.3 is 5.97 Å². The van der Waals surface area contributed by atoms with Crippen LogP contribution in [0.1, 0.15) is 10.4 Å². The van der Waals surface area contributed by atoms with Gasteiger partial charge in [0.2, 0.25) is 0 Å². The fourth-order valence-corrected chi connectivity index (χ4v) is 0.936. The Morgan fingerprint density at radius 2 is 1.82 bits per heavy atom. The van der Waals surface area contributed by atoms with Gasteiger partial charge in [-0.3, -0.25) is 4.57 Å². The first kappa shape index (κ1) is 7.89. The van der Waals surface area contributed by atoms with Gasteiger partial charge in [-0.1, -0.05) is 0 Å². The van der Waals surface area contributed by atoms with Crippen LogP contribution in [0.3, 0.4) is 0 Å². The minimum atomic E-state index is -0.973. The molecule has 4 heteroatoms.